The van der Waals surface area contributed by atoms with E-state index >= 15 is 0 Å². The molecular weight excluding hydrogens is 256 g/mol. The molecular formula is C10H8N4O3S. The Hall–Kier alpha value is -2.35. The lowest BCUT2D eigenvalue weighted by molar-refractivity contribution is -0.612. The summed E-state index contributed by atoms with van der Waals surface area (Å²) in [7, 11) is 0. The van der Waals surface area contributed by atoms with Crippen LogP contribution in [0.5, 0.6) is 0 Å². The van der Waals surface area contributed by atoms with E-state index in [-0.39, 0.29) is 5.00 Å². The van der Waals surface area contributed by atoms with Gasteiger partial charge in [0.15, 0.2) is 5.69 Å². The summed E-state index contributed by atoms with van der Waals surface area (Å²) in [4.78, 5) is 10.8. The van der Waals surface area contributed by atoms with E-state index in [0.717, 1.165) is 17.7 Å². The maximum absolute atomic E-state index is 11.4. The van der Waals surface area contributed by atoms with Crippen LogP contribution in [0.2, 0.25) is 0 Å². The van der Waals surface area contributed by atoms with Crippen LogP contribution >= 0.6 is 11.3 Å². The van der Waals surface area contributed by atoms with Crippen LogP contribution in [-0.4, -0.2) is 15.1 Å². The minimum atomic E-state index is -0.449. The molecule has 0 bridgehead atoms. The van der Waals surface area contributed by atoms with E-state index in [1.54, 1.807) is 25.1 Å². The molecule has 8 heteroatoms. The molecule has 2 rings (SSSR count). The maximum atomic E-state index is 11.4. The molecule has 0 radical (unpaired) electrons. The highest BCUT2D eigenvalue weighted by Gasteiger charge is 2.09. The third-order valence-electron chi connectivity index (χ3n) is 2.17. The van der Waals surface area contributed by atoms with Crippen LogP contribution in [0.4, 0.5) is 5.00 Å². The molecule has 0 N–H and O–H groups in total. The van der Waals surface area contributed by atoms with Gasteiger partial charge in [0.2, 0.25) is 0 Å². The molecule has 18 heavy (non-hydrogen) atoms. The summed E-state index contributed by atoms with van der Waals surface area (Å²) in [6.45, 7) is 1.66. The fourth-order valence-corrected chi connectivity index (χ4v) is 2.04. The second-order valence-electron chi connectivity index (χ2n) is 3.39. The molecule has 2 heterocycles. The van der Waals surface area contributed by atoms with Gasteiger partial charge >= 0.3 is 11.3 Å². The number of aryl methyl sites for hydroxylation is 1. The lowest BCUT2D eigenvalue weighted by atomic mass is 10.3. The zero-order valence-corrected chi connectivity index (χ0v) is 10.1. The quantitative estimate of drug-likeness (QED) is 0.363. The van der Waals surface area contributed by atoms with Crippen LogP contribution in [0, 0.1) is 22.2 Å². The van der Waals surface area contributed by atoms with Crippen molar-refractivity contribution < 1.29 is 9.65 Å². The first-order valence-electron chi connectivity index (χ1n) is 4.91. The van der Waals surface area contributed by atoms with E-state index in [2.05, 4.69) is 10.2 Å². The van der Waals surface area contributed by atoms with Crippen LogP contribution < -0.4 is 4.73 Å². The van der Waals surface area contributed by atoms with Crippen molar-refractivity contribution in [1.82, 2.24) is 10.2 Å². The molecule has 92 valence electrons. The van der Waals surface area contributed by atoms with Crippen LogP contribution in [-0.2, 0) is 0 Å². The first kappa shape index (κ1) is 12.1. The Morgan fingerprint density at radius 1 is 1.44 bits per heavy atom. The largest absolute Gasteiger partial charge is 0.710 e. The molecule has 2 aromatic rings. The molecule has 0 saturated carbocycles. The van der Waals surface area contributed by atoms with Gasteiger partial charge in [-0.05, 0) is 30.2 Å². The Bertz CT molecular complexity index is 603. The van der Waals surface area contributed by atoms with Crippen molar-refractivity contribution in [2.75, 3.05) is 0 Å². The van der Waals surface area contributed by atoms with Crippen LogP contribution in [0.25, 0.3) is 12.2 Å². The molecule has 0 fully saturated rings. The predicted molar refractivity (Wildman–Crippen MR) is 65.6 cm³/mol. The van der Waals surface area contributed by atoms with Crippen LogP contribution in [0.15, 0.2) is 18.5 Å². The molecule has 0 amide bonds. The van der Waals surface area contributed by atoms with Crippen molar-refractivity contribution in [3.63, 3.8) is 0 Å². The average Bonchev–Trinajstić information content (AvgIpc) is 2.77. The van der Waals surface area contributed by atoms with E-state index in [0.29, 0.717) is 21.0 Å². The number of thiophene rings is 1. The summed E-state index contributed by atoms with van der Waals surface area (Å²) < 4.78 is 0.598. The molecule has 0 aliphatic heterocycles. The molecule has 7 nitrogen and oxygen atoms in total. The van der Waals surface area contributed by atoms with Crippen LogP contribution in [0.1, 0.15) is 16.3 Å². The number of rotatable bonds is 3. The predicted octanol–water partition coefficient (Wildman–Crippen LogP) is 1.56. The lowest BCUT2D eigenvalue weighted by Gasteiger charge is -2.03. The standard InChI is InChI=1S/C10H8N4O3S/c1-7-9(13(15)6-11-12-7)4-2-8-3-5-10(18-8)14(16)17/h2-6H,1H3/b4-2+. The fraction of sp³-hybridized carbons (Fsp3) is 0.100. The number of nitrogens with zero attached hydrogens (tertiary/aromatic N) is 4. The molecule has 0 unspecified atom stereocenters. The highest BCUT2D eigenvalue weighted by molar-refractivity contribution is 7.16. The summed E-state index contributed by atoms with van der Waals surface area (Å²) in [5, 5.41) is 29.3. The van der Waals surface area contributed by atoms with Gasteiger partial charge in [0.1, 0.15) is 5.69 Å². The number of nitro groups is 1. The van der Waals surface area contributed by atoms with Gasteiger partial charge < -0.3 is 5.21 Å². The van der Waals surface area contributed by atoms with Gasteiger partial charge in [-0.1, -0.05) is 11.3 Å². The molecule has 0 aliphatic rings. The van der Waals surface area contributed by atoms with Crippen molar-refractivity contribution >= 4 is 28.5 Å². The third kappa shape index (κ3) is 2.48. The topological polar surface area (TPSA) is 95.9 Å². The van der Waals surface area contributed by atoms with Gasteiger partial charge in [-0.15, -0.1) is 0 Å². The summed E-state index contributed by atoms with van der Waals surface area (Å²) in [5.74, 6) is 0. The van der Waals surface area contributed by atoms with Gasteiger partial charge in [-0.25, -0.2) is 4.73 Å². The molecule has 0 atom stereocenters. The number of aromatic nitrogens is 3. The monoisotopic (exact) mass is 264 g/mol. The normalized spacial score (nSPS) is 10.9. The Morgan fingerprint density at radius 2 is 2.22 bits per heavy atom. The minimum Gasteiger partial charge on any atom is -0.710 e. The van der Waals surface area contributed by atoms with Crippen molar-refractivity contribution in [3.05, 3.63) is 50.0 Å². The smallest absolute Gasteiger partial charge is 0.324 e. The third-order valence-corrected chi connectivity index (χ3v) is 3.17. The van der Waals surface area contributed by atoms with E-state index in [9.17, 15) is 15.3 Å². The van der Waals surface area contributed by atoms with Crippen molar-refractivity contribution in [3.8, 4) is 0 Å². The molecule has 0 aliphatic carbocycles. The van der Waals surface area contributed by atoms with E-state index in [4.69, 9.17) is 0 Å². The van der Waals surface area contributed by atoms with E-state index in [1.807, 2.05) is 0 Å². The zero-order chi connectivity index (χ0) is 13.1. The fourth-order valence-electron chi connectivity index (χ4n) is 1.32. The number of hydrogen-bond donors (Lipinski definition) is 0. The van der Waals surface area contributed by atoms with Crippen LogP contribution in [0.3, 0.4) is 0 Å². The minimum absolute atomic E-state index is 0.0641. The van der Waals surface area contributed by atoms with Crippen molar-refractivity contribution in [1.29, 1.82) is 0 Å². The average molecular weight is 264 g/mol. The summed E-state index contributed by atoms with van der Waals surface area (Å²) in [5.41, 5.74) is 0.857. The van der Waals surface area contributed by atoms with Gasteiger partial charge in [-0.3, -0.25) is 10.1 Å². The molecule has 2 aromatic heterocycles. The summed E-state index contributed by atoms with van der Waals surface area (Å²) >= 11 is 1.04. The lowest BCUT2D eigenvalue weighted by Crippen LogP contribution is -2.32. The Balaban J connectivity index is 2.27. The Morgan fingerprint density at radius 3 is 2.83 bits per heavy atom. The summed E-state index contributed by atoms with van der Waals surface area (Å²) in [6, 6.07) is 3.05. The van der Waals surface area contributed by atoms with E-state index in [1.165, 1.54) is 6.07 Å². The van der Waals surface area contributed by atoms with Gasteiger partial charge in [0, 0.05) is 10.9 Å². The van der Waals surface area contributed by atoms with E-state index < -0.39 is 4.92 Å². The van der Waals surface area contributed by atoms with Crippen molar-refractivity contribution in [2.24, 2.45) is 0 Å². The second kappa shape index (κ2) is 4.88. The Kier molecular flexibility index (Phi) is 3.28. The van der Waals surface area contributed by atoms with Gasteiger partial charge in [0.25, 0.3) is 0 Å². The van der Waals surface area contributed by atoms with Crippen molar-refractivity contribution in [2.45, 2.75) is 6.92 Å². The molecule has 0 aromatic carbocycles. The first-order chi connectivity index (χ1) is 8.58. The highest BCUT2D eigenvalue weighted by Crippen LogP contribution is 2.25. The van der Waals surface area contributed by atoms with Gasteiger partial charge in [0.05, 0.1) is 10.0 Å². The molecule has 0 spiro atoms. The first-order valence-corrected chi connectivity index (χ1v) is 5.73. The highest BCUT2D eigenvalue weighted by atomic mass is 32.1. The van der Waals surface area contributed by atoms with Gasteiger partial charge in [-0.2, -0.15) is 0 Å². The molecule has 0 saturated heterocycles. The zero-order valence-electron chi connectivity index (χ0n) is 9.31. The summed E-state index contributed by atoms with van der Waals surface area (Å²) in [6.07, 6.45) is 4.26. The SMILES string of the molecule is Cc1nnc[n+]([O-])c1/C=C/c1ccc([N+](=O)[O-])s1. The second-order valence-corrected chi connectivity index (χ2v) is 4.49. The maximum Gasteiger partial charge on any atom is 0.324 e. The Labute approximate surface area is 106 Å². The number of hydrogen-bond acceptors (Lipinski definition) is 6.